The van der Waals surface area contributed by atoms with Gasteiger partial charge in [0.25, 0.3) is 11.8 Å². The maximum atomic E-state index is 13.7. The van der Waals surface area contributed by atoms with Crippen LogP contribution in [0.1, 0.15) is 32.9 Å². The van der Waals surface area contributed by atoms with Crippen LogP contribution in [0, 0.1) is 11.6 Å². The van der Waals surface area contributed by atoms with Crippen molar-refractivity contribution >= 4 is 23.2 Å². The fourth-order valence-electron chi connectivity index (χ4n) is 2.72. The Morgan fingerprint density at radius 1 is 1.17 bits per heavy atom. The van der Waals surface area contributed by atoms with Crippen LogP contribution in [0.3, 0.4) is 0 Å². The number of nitrogens with zero attached hydrogens (tertiary/aromatic N) is 1. The number of hydrogen-bond acceptors (Lipinski definition) is 3. The van der Waals surface area contributed by atoms with Crippen LogP contribution in [0.25, 0.3) is 0 Å². The Balaban J connectivity index is 1.56. The van der Waals surface area contributed by atoms with Gasteiger partial charge in [0.1, 0.15) is 11.6 Å². The zero-order valence-corrected chi connectivity index (χ0v) is 13.6. The van der Waals surface area contributed by atoms with Crippen LogP contribution in [0.2, 0.25) is 0 Å². The van der Waals surface area contributed by atoms with Crippen LogP contribution in [0.4, 0.5) is 8.78 Å². The molecule has 126 valence electrons. The SMILES string of the molecule is O=C(NC1CCN(C(=O)c2ccc(F)cc2F)CC1)c1cccs1. The molecule has 0 atom stereocenters. The molecule has 1 aromatic carbocycles. The lowest BCUT2D eigenvalue weighted by molar-refractivity contribution is 0.0694. The van der Waals surface area contributed by atoms with E-state index in [0.717, 1.165) is 12.1 Å². The molecule has 1 aliphatic rings. The van der Waals surface area contributed by atoms with E-state index in [9.17, 15) is 18.4 Å². The Bertz CT molecular complexity index is 741. The van der Waals surface area contributed by atoms with Crippen molar-refractivity contribution in [1.82, 2.24) is 10.2 Å². The minimum absolute atomic E-state index is 0.0123. The summed E-state index contributed by atoms with van der Waals surface area (Å²) >= 11 is 1.38. The maximum absolute atomic E-state index is 13.7. The third-order valence-electron chi connectivity index (χ3n) is 4.02. The number of benzene rings is 1. The Morgan fingerprint density at radius 3 is 2.54 bits per heavy atom. The normalized spacial score (nSPS) is 15.3. The van der Waals surface area contributed by atoms with Gasteiger partial charge in [-0.1, -0.05) is 6.07 Å². The van der Waals surface area contributed by atoms with E-state index in [2.05, 4.69) is 5.32 Å². The fourth-order valence-corrected chi connectivity index (χ4v) is 3.35. The first-order valence-corrected chi connectivity index (χ1v) is 8.51. The van der Waals surface area contributed by atoms with E-state index in [1.54, 1.807) is 6.07 Å². The summed E-state index contributed by atoms with van der Waals surface area (Å²) in [7, 11) is 0. The van der Waals surface area contributed by atoms with Gasteiger partial charge in [-0.2, -0.15) is 0 Å². The van der Waals surface area contributed by atoms with Crippen LogP contribution >= 0.6 is 11.3 Å². The van der Waals surface area contributed by atoms with Crippen LogP contribution in [0.15, 0.2) is 35.7 Å². The van der Waals surface area contributed by atoms with E-state index in [1.165, 1.54) is 16.2 Å². The van der Waals surface area contributed by atoms with E-state index < -0.39 is 17.5 Å². The fraction of sp³-hybridized carbons (Fsp3) is 0.294. The van der Waals surface area contributed by atoms with E-state index in [-0.39, 0.29) is 17.5 Å². The number of carbonyl (C=O) groups is 2. The number of thiophene rings is 1. The summed E-state index contributed by atoms with van der Waals surface area (Å²) in [5.74, 6) is -2.12. The summed E-state index contributed by atoms with van der Waals surface area (Å²) in [6.45, 7) is 0.843. The van der Waals surface area contributed by atoms with Gasteiger partial charge < -0.3 is 10.2 Å². The second-order valence-electron chi connectivity index (χ2n) is 5.64. The smallest absolute Gasteiger partial charge is 0.261 e. The molecule has 0 spiro atoms. The summed E-state index contributed by atoms with van der Waals surface area (Å²) < 4.78 is 26.7. The topological polar surface area (TPSA) is 49.4 Å². The Labute approximate surface area is 142 Å². The third-order valence-corrected chi connectivity index (χ3v) is 4.89. The number of likely N-dealkylation sites (tertiary alicyclic amines) is 1. The second-order valence-corrected chi connectivity index (χ2v) is 6.59. The maximum Gasteiger partial charge on any atom is 0.261 e. The Kier molecular flexibility index (Phi) is 4.89. The molecular weight excluding hydrogens is 334 g/mol. The molecule has 0 aliphatic carbocycles. The number of nitrogens with one attached hydrogen (secondary N) is 1. The highest BCUT2D eigenvalue weighted by Gasteiger charge is 2.26. The van der Waals surface area contributed by atoms with Crippen molar-refractivity contribution in [2.75, 3.05) is 13.1 Å². The van der Waals surface area contributed by atoms with Crippen molar-refractivity contribution in [2.24, 2.45) is 0 Å². The lowest BCUT2D eigenvalue weighted by Gasteiger charge is -2.32. The molecule has 2 amide bonds. The minimum Gasteiger partial charge on any atom is -0.348 e. The highest BCUT2D eigenvalue weighted by molar-refractivity contribution is 7.12. The number of rotatable bonds is 3. The number of carbonyl (C=O) groups excluding carboxylic acids is 2. The molecule has 24 heavy (non-hydrogen) atoms. The first-order chi connectivity index (χ1) is 11.5. The number of halogens is 2. The Hall–Kier alpha value is -2.28. The molecule has 0 radical (unpaired) electrons. The van der Waals surface area contributed by atoms with Crippen molar-refractivity contribution in [1.29, 1.82) is 0 Å². The van der Waals surface area contributed by atoms with Gasteiger partial charge >= 0.3 is 0 Å². The monoisotopic (exact) mass is 350 g/mol. The van der Waals surface area contributed by atoms with Gasteiger partial charge in [0.15, 0.2) is 0 Å². The summed E-state index contributed by atoms with van der Waals surface area (Å²) in [4.78, 5) is 26.5. The molecular formula is C17H16F2N2O2S. The van der Waals surface area contributed by atoms with Crippen LogP contribution in [-0.2, 0) is 0 Å². The minimum atomic E-state index is -0.854. The highest BCUT2D eigenvalue weighted by Crippen LogP contribution is 2.18. The quantitative estimate of drug-likeness (QED) is 0.925. The standard InChI is InChI=1S/C17H16F2N2O2S/c18-11-3-4-13(14(19)10-11)17(23)21-7-5-12(6-8-21)20-16(22)15-2-1-9-24-15/h1-4,9-10,12H,5-8H2,(H,20,22). The van der Waals surface area contributed by atoms with Gasteiger partial charge in [0, 0.05) is 25.2 Å². The van der Waals surface area contributed by atoms with E-state index >= 15 is 0 Å². The molecule has 4 nitrogen and oxygen atoms in total. The van der Waals surface area contributed by atoms with Gasteiger partial charge in [-0.3, -0.25) is 9.59 Å². The predicted octanol–water partition coefficient (Wildman–Crippen LogP) is 3.06. The molecule has 7 heteroatoms. The van der Waals surface area contributed by atoms with Gasteiger partial charge in [-0.15, -0.1) is 11.3 Å². The Morgan fingerprint density at radius 2 is 1.92 bits per heavy atom. The number of amides is 2. The molecule has 0 unspecified atom stereocenters. The van der Waals surface area contributed by atoms with Gasteiger partial charge in [0.2, 0.25) is 0 Å². The van der Waals surface area contributed by atoms with Crippen LogP contribution < -0.4 is 5.32 Å². The lowest BCUT2D eigenvalue weighted by atomic mass is 10.0. The van der Waals surface area contributed by atoms with E-state index in [0.29, 0.717) is 36.9 Å². The van der Waals surface area contributed by atoms with Crippen molar-refractivity contribution < 1.29 is 18.4 Å². The molecule has 1 aromatic heterocycles. The number of hydrogen-bond donors (Lipinski definition) is 1. The van der Waals surface area contributed by atoms with Crippen molar-refractivity contribution in [2.45, 2.75) is 18.9 Å². The zero-order valence-electron chi connectivity index (χ0n) is 12.8. The molecule has 1 N–H and O–H groups in total. The predicted molar refractivity (Wildman–Crippen MR) is 87.1 cm³/mol. The summed E-state index contributed by atoms with van der Waals surface area (Å²) in [6.07, 6.45) is 1.21. The molecule has 0 saturated carbocycles. The molecule has 2 aromatic rings. The first-order valence-electron chi connectivity index (χ1n) is 7.63. The summed E-state index contributed by atoms with van der Waals surface area (Å²) in [6, 6.07) is 6.51. The lowest BCUT2D eigenvalue weighted by Crippen LogP contribution is -2.46. The van der Waals surface area contributed by atoms with Crippen LogP contribution in [-0.4, -0.2) is 35.8 Å². The van der Waals surface area contributed by atoms with Crippen molar-refractivity contribution in [3.05, 3.63) is 57.8 Å². The third kappa shape index (κ3) is 3.62. The first kappa shape index (κ1) is 16.6. The molecule has 0 bridgehead atoms. The molecule has 1 aliphatic heterocycles. The van der Waals surface area contributed by atoms with Crippen molar-refractivity contribution in [3.8, 4) is 0 Å². The van der Waals surface area contributed by atoms with E-state index in [1.807, 2.05) is 11.4 Å². The largest absolute Gasteiger partial charge is 0.348 e. The molecule has 1 fully saturated rings. The summed E-state index contributed by atoms with van der Waals surface area (Å²) in [5.41, 5.74) is -0.127. The van der Waals surface area contributed by atoms with Crippen molar-refractivity contribution in [3.63, 3.8) is 0 Å². The summed E-state index contributed by atoms with van der Waals surface area (Å²) in [5, 5.41) is 4.79. The van der Waals surface area contributed by atoms with Gasteiger partial charge in [0.05, 0.1) is 10.4 Å². The average Bonchev–Trinajstić information content (AvgIpc) is 3.09. The van der Waals surface area contributed by atoms with E-state index in [4.69, 9.17) is 0 Å². The van der Waals surface area contributed by atoms with Gasteiger partial charge in [-0.05, 0) is 36.4 Å². The molecule has 1 saturated heterocycles. The second kappa shape index (κ2) is 7.09. The van der Waals surface area contributed by atoms with Gasteiger partial charge in [-0.25, -0.2) is 8.78 Å². The highest BCUT2D eigenvalue weighted by atomic mass is 32.1. The zero-order chi connectivity index (χ0) is 17.1. The molecule has 2 heterocycles. The average molecular weight is 350 g/mol. The number of piperidine rings is 1. The molecule has 3 rings (SSSR count). The van der Waals surface area contributed by atoms with Crippen LogP contribution in [0.5, 0.6) is 0 Å².